The molecule has 0 saturated heterocycles. The summed E-state index contributed by atoms with van der Waals surface area (Å²) in [7, 11) is 0. The van der Waals surface area contributed by atoms with E-state index in [1.54, 1.807) is 6.08 Å². The van der Waals surface area contributed by atoms with Gasteiger partial charge in [-0.15, -0.1) is 11.3 Å². The van der Waals surface area contributed by atoms with Crippen LogP contribution in [0, 0.1) is 11.3 Å². The smallest absolute Gasteiger partial charge is 0.348 e. The predicted molar refractivity (Wildman–Crippen MR) is 63.8 cm³/mol. The average Bonchev–Trinajstić information content (AvgIpc) is 2.78. The highest BCUT2D eigenvalue weighted by Crippen LogP contribution is 2.13. The van der Waals surface area contributed by atoms with Crippen LogP contribution in [-0.2, 0) is 9.53 Å². The first kappa shape index (κ1) is 12.5. The summed E-state index contributed by atoms with van der Waals surface area (Å²) in [4.78, 5) is 12.3. The molecule has 1 rings (SSSR count). The molecule has 0 fully saturated rings. The number of nitriles is 1. The van der Waals surface area contributed by atoms with E-state index in [-0.39, 0.29) is 5.57 Å². The predicted octanol–water partition coefficient (Wildman–Crippen LogP) is 3.00. The second-order valence-corrected chi connectivity index (χ2v) is 4.15. The van der Waals surface area contributed by atoms with Gasteiger partial charge in [0.05, 0.1) is 6.61 Å². The quantitative estimate of drug-likeness (QED) is 0.341. The lowest BCUT2D eigenvalue weighted by Gasteiger charge is -2.01. The van der Waals surface area contributed by atoms with Gasteiger partial charge in [-0.2, -0.15) is 5.26 Å². The lowest BCUT2D eigenvalue weighted by Crippen LogP contribution is -2.07. The first-order valence-electron chi connectivity index (χ1n) is 5.10. The fraction of sp³-hybridized carbons (Fsp3) is 0.333. The van der Waals surface area contributed by atoms with Crippen LogP contribution in [0.5, 0.6) is 0 Å². The number of nitrogens with zero attached hydrogens (tertiary/aromatic N) is 1. The van der Waals surface area contributed by atoms with E-state index in [4.69, 9.17) is 10.00 Å². The molecule has 0 amide bonds. The van der Waals surface area contributed by atoms with Crippen molar-refractivity contribution in [3.8, 4) is 6.07 Å². The maximum Gasteiger partial charge on any atom is 0.348 e. The van der Waals surface area contributed by atoms with Gasteiger partial charge < -0.3 is 4.74 Å². The van der Waals surface area contributed by atoms with Gasteiger partial charge in [-0.25, -0.2) is 4.79 Å². The number of carbonyl (C=O) groups is 1. The van der Waals surface area contributed by atoms with Crippen LogP contribution in [0.3, 0.4) is 0 Å². The molecule has 0 unspecified atom stereocenters. The Bertz CT molecular complexity index is 401. The van der Waals surface area contributed by atoms with Crippen molar-refractivity contribution >= 4 is 23.4 Å². The van der Waals surface area contributed by atoms with Gasteiger partial charge in [-0.3, -0.25) is 0 Å². The van der Waals surface area contributed by atoms with Crippen LogP contribution in [0.2, 0.25) is 0 Å². The molecule has 3 nitrogen and oxygen atoms in total. The molecular weight excluding hydrogens is 222 g/mol. The summed E-state index contributed by atoms with van der Waals surface area (Å²) < 4.78 is 4.96. The molecule has 0 atom stereocenters. The number of hydrogen-bond donors (Lipinski definition) is 0. The van der Waals surface area contributed by atoms with Gasteiger partial charge in [0.2, 0.25) is 0 Å². The summed E-state index contributed by atoms with van der Waals surface area (Å²) in [5, 5.41) is 10.7. The van der Waals surface area contributed by atoms with Crippen LogP contribution >= 0.6 is 11.3 Å². The van der Waals surface area contributed by atoms with Gasteiger partial charge in [0.25, 0.3) is 0 Å². The topological polar surface area (TPSA) is 50.1 Å². The van der Waals surface area contributed by atoms with E-state index in [0.29, 0.717) is 6.61 Å². The zero-order chi connectivity index (χ0) is 11.8. The number of rotatable bonds is 5. The van der Waals surface area contributed by atoms with Gasteiger partial charge in [-0.1, -0.05) is 19.4 Å². The van der Waals surface area contributed by atoms with Gasteiger partial charge >= 0.3 is 5.97 Å². The molecule has 84 valence electrons. The summed E-state index contributed by atoms with van der Waals surface area (Å²) in [6.45, 7) is 2.39. The first-order valence-corrected chi connectivity index (χ1v) is 5.98. The van der Waals surface area contributed by atoms with Crippen LogP contribution in [0.1, 0.15) is 24.6 Å². The molecule has 16 heavy (non-hydrogen) atoms. The molecule has 4 heteroatoms. The van der Waals surface area contributed by atoms with E-state index < -0.39 is 5.97 Å². The van der Waals surface area contributed by atoms with Crippen LogP contribution in [0.4, 0.5) is 0 Å². The van der Waals surface area contributed by atoms with Crippen molar-refractivity contribution in [1.29, 1.82) is 5.26 Å². The molecule has 1 aromatic rings. The van der Waals surface area contributed by atoms with Crippen LogP contribution in [0.25, 0.3) is 6.08 Å². The Hall–Kier alpha value is -1.60. The minimum atomic E-state index is -0.538. The molecule has 0 aliphatic heterocycles. The SMILES string of the molecule is CCCCOC(=O)/C(C#N)=C\c1cccs1. The Morgan fingerprint density at radius 1 is 1.69 bits per heavy atom. The van der Waals surface area contributed by atoms with Crippen LogP contribution in [0.15, 0.2) is 23.1 Å². The fourth-order valence-electron chi connectivity index (χ4n) is 1.04. The molecule has 1 heterocycles. The Kier molecular flexibility index (Phi) is 5.30. The molecule has 0 saturated carbocycles. The van der Waals surface area contributed by atoms with Crippen LogP contribution < -0.4 is 0 Å². The van der Waals surface area contributed by atoms with Crippen molar-refractivity contribution in [3.63, 3.8) is 0 Å². The maximum atomic E-state index is 11.5. The number of carbonyl (C=O) groups excluding carboxylic acids is 1. The number of unbranched alkanes of at least 4 members (excludes halogenated alkanes) is 1. The Morgan fingerprint density at radius 2 is 2.50 bits per heavy atom. The van der Waals surface area contributed by atoms with E-state index in [0.717, 1.165) is 17.7 Å². The monoisotopic (exact) mass is 235 g/mol. The third kappa shape index (κ3) is 3.87. The van der Waals surface area contributed by atoms with E-state index in [9.17, 15) is 4.79 Å². The second kappa shape index (κ2) is 6.81. The van der Waals surface area contributed by atoms with Crippen molar-refractivity contribution in [2.75, 3.05) is 6.61 Å². The minimum absolute atomic E-state index is 0.0542. The molecule has 0 bridgehead atoms. The van der Waals surface area contributed by atoms with Gasteiger partial charge in [0.1, 0.15) is 11.6 Å². The van der Waals surface area contributed by atoms with Crippen molar-refractivity contribution < 1.29 is 9.53 Å². The highest BCUT2D eigenvalue weighted by Gasteiger charge is 2.10. The Morgan fingerprint density at radius 3 is 3.06 bits per heavy atom. The lowest BCUT2D eigenvalue weighted by atomic mass is 10.2. The van der Waals surface area contributed by atoms with E-state index in [2.05, 4.69) is 0 Å². The summed E-state index contributed by atoms with van der Waals surface area (Å²) in [5.74, 6) is -0.538. The van der Waals surface area contributed by atoms with Gasteiger partial charge in [0, 0.05) is 4.88 Å². The zero-order valence-electron chi connectivity index (χ0n) is 9.10. The summed E-state index contributed by atoms with van der Waals surface area (Å²) in [5.41, 5.74) is 0.0542. The number of esters is 1. The fourth-order valence-corrected chi connectivity index (χ4v) is 1.70. The number of thiophene rings is 1. The molecular formula is C12H13NO2S. The summed E-state index contributed by atoms with van der Waals surface area (Å²) >= 11 is 1.48. The summed E-state index contributed by atoms with van der Waals surface area (Å²) in [6.07, 6.45) is 3.34. The van der Waals surface area contributed by atoms with Crippen molar-refractivity contribution in [1.82, 2.24) is 0 Å². The maximum absolute atomic E-state index is 11.5. The standard InChI is InChI=1S/C12H13NO2S/c1-2-3-6-15-12(14)10(9-13)8-11-5-4-7-16-11/h4-5,7-8H,2-3,6H2,1H3/b10-8-. The van der Waals surface area contributed by atoms with Gasteiger partial charge in [0.15, 0.2) is 0 Å². The molecule has 0 aromatic carbocycles. The number of hydrogen-bond acceptors (Lipinski definition) is 4. The highest BCUT2D eigenvalue weighted by atomic mass is 32.1. The second-order valence-electron chi connectivity index (χ2n) is 3.17. The van der Waals surface area contributed by atoms with Crippen LogP contribution in [-0.4, -0.2) is 12.6 Å². The van der Waals surface area contributed by atoms with Crippen molar-refractivity contribution in [2.45, 2.75) is 19.8 Å². The molecule has 0 N–H and O–H groups in total. The van der Waals surface area contributed by atoms with Gasteiger partial charge in [-0.05, 0) is 23.9 Å². The first-order chi connectivity index (χ1) is 7.77. The minimum Gasteiger partial charge on any atom is -0.462 e. The molecule has 0 aliphatic carbocycles. The lowest BCUT2D eigenvalue weighted by molar-refractivity contribution is -0.138. The Labute approximate surface area is 99.0 Å². The average molecular weight is 235 g/mol. The zero-order valence-corrected chi connectivity index (χ0v) is 9.92. The third-order valence-electron chi connectivity index (χ3n) is 1.90. The largest absolute Gasteiger partial charge is 0.462 e. The van der Waals surface area contributed by atoms with E-state index in [1.807, 2.05) is 30.5 Å². The molecule has 0 spiro atoms. The molecule has 1 aromatic heterocycles. The third-order valence-corrected chi connectivity index (χ3v) is 2.72. The normalized spacial score (nSPS) is 10.9. The Balaban J connectivity index is 2.61. The van der Waals surface area contributed by atoms with E-state index in [1.165, 1.54) is 11.3 Å². The van der Waals surface area contributed by atoms with Crippen molar-refractivity contribution in [3.05, 3.63) is 28.0 Å². The highest BCUT2D eigenvalue weighted by molar-refractivity contribution is 7.10. The van der Waals surface area contributed by atoms with E-state index >= 15 is 0 Å². The molecule has 0 radical (unpaired) electrons. The number of ether oxygens (including phenoxy) is 1. The summed E-state index contributed by atoms with van der Waals surface area (Å²) in [6, 6.07) is 5.58. The van der Waals surface area contributed by atoms with Crippen molar-refractivity contribution in [2.24, 2.45) is 0 Å². The molecule has 0 aliphatic rings.